The Morgan fingerprint density at radius 3 is 2.43 bits per heavy atom. The Kier molecular flexibility index (Phi) is 7.62. The summed E-state index contributed by atoms with van der Waals surface area (Å²) in [6, 6.07) is 15.1. The van der Waals surface area contributed by atoms with Crippen LogP contribution in [0.4, 0.5) is 8.78 Å². The smallest absolute Gasteiger partial charge is 0.240 e. The molecule has 2 aromatic rings. The van der Waals surface area contributed by atoms with Crippen molar-refractivity contribution in [3.05, 3.63) is 59.7 Å². The molecule has 6 heteroatoms. The molecule has 1 N–H and O–H groups in total. The number of halogens is 2. The molecule has 0 aliphatic carbocycles. The second-order valence-corrected chi connectivity index (χ2v) is 6.84. The molecule has 1 fully saturated rings. The Hall–Kier alpha value is -2.18. The number of nitrogens with zero attached hydrogens (tertiary/aromatic N) is 1. The zero-order valence-electron chi connectivity index (χ0n) is 16.2. The maximum atomic E-state index is 13.3. The molecule has 28 heavy (non-hydrogen) atoms. The number of rotatable bonds is 9. The lowest BCUT2D eigenvalue weighted by atomic mass is 10.0. The fourth-order valence-electron chi connectivity index (χ4n) is 3.51. The zero-order chi connectivity index (χ0) is 19.8. The molecular formula is C22H28F2N2O2. The summed E-state index contributed by atoms with van der Waals surface area (Å²) in [7, 11) is 0. The molecule has 1 aliphatic rings. The normalized spacial score (nSPS) is 16.1. The molecular weight excluding hydrogens is 362 g/mol. The first-order valence-electron chi connectivity index (χ1n) is 9.83. The Morgan fingerprint density at radius 1 is 1.00 bits per heavy atom. The Labute approximate surface area is 165 Å². The summed E-state index contributed by atoms with van der Waals surface area (Å²) < 4.78 is 38.2. The van der Waals surface area contributed by atoms with E-state index in [1.807, 2.05) is 55.5 Å². The van der Waals surface area contributed by atoms with Crippen LogP contribution in [0.3, 0.4) is 0 Å². The van der Waals surface area contributed by atoms with Crippen LogP contribution in [-0.2, 0) is 6.61 Å². The highest BCUT2D eigenvalue weighted by Gasteiger charge is 2.26. The van der Waals surface area contributed by atoms with E-state index in [2.05, 4.69) is 10.2 Å². The maximum Gasteiger partial charge on any atom is 0.240 e. The van der Waals surface area contributed by atoms with Gasteiger partial charge in [-0.2, -0.15) is 0 Å². The van der Waals surface area contributed by atoms with Crippen LogP contribution in [0.2, 0.25) is 0 Å². The molecule has 1 saturated heterocycles. The van der Waals surface area contributed by atoms with Crippen molar-refractivity contribution in [1.29, 1.82) is 0 Å². The predicted octanol–water partition coefficient (Wildman–Crippen LogP) is 4.27. The largest absolute Gasteiger partial charge is 0.490 e. The number of hydrogen-bond donors (Lipinski definition) is 1. The van der Waals surface area contributed by atoms with Crippen LogP contribution in [0.1, 0.15) is 30.5 Å². The van der Waals surface area contributed by atoms with Gasteiger partial charge in [-0.15, -0.1) is 0 Å². The van der Waals surface area contributed by atoms with E-state index < -0.39 is 6.43 Å². The van der Waals surface area contributed by atoms with Gasteiger partial charge in [0.1, 0.15) is 6.61 Å². The second kappa shape index (κ2) is 10.4. The molecule has 1 heterocycles. The number of nitrogens with one attached hydrogen (secondary N) is 1. The lowest BCUT2D eigenvalue weighted by Gasteiger charge is -2.35. The summed E-state index contributed by atoms with van der Waals surface area (Å²) in [5, 5.41) is 3.27. The molecule has 152 valence electrons. The Morgan fingerprint density at radius 2 is 1.75 bits per heavy atom. The summed E-state index contributed by atoms with van der Waals surface area (Å²) in [6.45, 7) is 5.96. The van der Waals surface area contributed by atoms with E-state index in [4.69, 9.17) is 9.47 Å². The van der Waals surface area contributed by atoms with Crippen molar-refractivity contribution in [3.63, 3.8) is 0 Å². The highest BCUT2D eigenvalue weighted by molar-refractivity contribution is 5.44. The third-order valence-corrected chi connectivity index (χ3v) is 4.88. The molecule has 0 unspecified atom stereocenters. The van der Waals surface area contributed by atoms with E-state index in [-0.39, 0.29) is 12.5 Å². The first-order chi connectivity index (χ1) is 13.7. The van der Waals surface area contributed by atoms with Gasteiger partial charge >= 0.3 is 0 Å². The molecule has 0 aromatic heterocycles. The number of alkyl halides is 2. The van der Waals surface area contributed by atoms with Crippen LogP contribution in [0.15, 0.2) is 48.5 Å². The number of benzene rings is 2. The zero-order valence-corrected chi connectivity index (χ0v) is 16.2. The van der Waals surface area contributed by atoms with Crippen molar-refractivity contribution in [2.24, 2.45) is 0 Å². The summed E-state index contributed by atoms with van der Waals surface area (Å²) in [4.78, 5) is 2.12. The molecule has 0 bridgehead atoms. The quantitative estimate of drug-likeness (QED) is 0.694. The van der Waals surface area contributed by atoms with Crippen LogP contribution in [0, 0.1) is 0 Å². The van der Waals surface area contributed by atoms with Gasteiger partial charge in [-0.1, -0.05) is 36.4 Å². The SMILES string of the molecule is CCOc1cc([C@H](CC(F)F)N2CCNCC2)ccc1OCc1ccccc1. The van der Waals surface area contributed by atoms with E-state index in [1.165, 1.54) is 0 Å². The van der Waals surface area contributed by atoms with Gasteiger partial charge in [-0.25, -0.2) is 8.78 Å². The fraction of sp³-hybridized carbons (Fsp3) is 0.455. The van der Waals surface area contributed by atoms with Crippen molar-refractivity contribution < 1.29 is 18.3 Å². The minimum absolute atomic E-state index is 0.185. The molecule has 1 atom stereocenters. The van der Waals surface area contributed by atoms with E-state index in [1.54, 1.807) is 0 Å². The Balaban J connectivity index is 1.80. The number of ether oxygens (including phenoxy) is 2. The molecule has 4 nitrogen and oxygen atoms in total. The van der Waals surface area contributed by atoms with Gasteiger partial charge in [-0.05, 0) is 30.2 Å². The third kappa shape index (κ3) is 5.66. The topological polar surface area (TPSA) is 33.7 Å². The lowest BCUT2D eigenvalue weighted by Crippen LogP contribution is -2.45. The first-order valence-corrected chi connectivity index (χ1v) is 9.83. The molecule has 0 radical (unpaired) electrons. The van der Waals surface area contributed by atoms with Crippen LogP contribution in [-0.4, -0.2) is 44.1 Å². The lowest BCUT2D eigenvalue weighted by molar-refractivity contribution is 0.0737. The molecule has 3 rings (SSSR count). The third-order valence-electron chi connectivity index (χ3n) is 4.88. The maximum absolute atomic E-state index is 13.3. The van der Waals surface area contributed by atoms with Crippen LogP contribution >= 0.6 is 0 Å². The van der Waals surface area contributed by atoms with E-state index in [0.29, 0.717) is 24.7 Å². The van der Waals surface area contributed by atoms with Gasteiger partial charge < -0.3 is 14.8 Å². The van der Waals surface area contributed by atoms with Gasteiger partial charge in [0.2, 0.25) is 6.43 Å². The first kappa shape index (κ1) is 20.6. The minimum atomic E-state index is -2.36. The summed E-state index contributed by atoms with van der Waals surface area (Å²) in [6.07, 6.45) is -2.54. The fourth-order valence-corrected chi connectivity index (χ4v) is 3.51. The minimum Gasteiger partial charge on any atom is -0.490 e. The number of piperazine rings is 1. The van der Waals surface area contributed by atoms with Gasteiger partial charge in [0.15, 0.2) is 11.5 Å². The van der Waals surface area contributed by atoms with Gasteiger partial charge in [-0.3, -0.25) is 4.90 Å². The molecule has 0 spiro atoms. The highest BCUT2D eigenvalue weighted by atomic mass is 19.3. The average molecular weight is 390 g/mol. The molecule has 0 saturated carbocycles. The van der Waals surface area contributed by atoms with Crippen molar-refractivity contribution in [1.82, 2.24) is 10.2 Å². The van der Waals surface area contributed by atoms with Crippen molar-refractivity contribution in [2.45, 2.75) is 32.4 Å². The number of hydrogen-bond acceptors (Lipinski definition) is 4. The van der Waals surface area contributed by atoms with Gasteiger partial charge in [0, 0.05) is 38.6 Å². The standard InChI is InChI=1S/C22H28F2N2O2/c1-2-27-21-14-18(19(15-22(23)24)26-12-10-25-11-13-26)8-9-20(21)28-16-17-6-4-3-5-7-17/h3-9,14,19,22,25H,2,10-13,15-16H2,1H3/t19-/m0/s1. The van der Waals surface area contributed by atoms with Crippen molar-refractivity contribution in [2.75, 3.05) is 32.8 Å². The van der Waals surface area contributed by atoms with Crippen LogP contribution in [0.5, 0.6) is 11.5 Å². The van der Waals surface area contributed by atoms with Gasteiger partial charge in [0.05, 0.1) is 6.61 Å². The van der Waals surface area contributed by atoms with E-state index in [9.17, 15) is 8.78 Å². The second-order valence-electron chi connectivity index (χ2n) is 6.84. The molecule has 2 aromatic carbocycles. The van der Waals surface area contributed by atoms with E-state index >= 15 is 0 Å². The van der Waals surface area contributed by atoms with Gasteiger partial charge in [0.25, 0.3) is 0 Å². The summed E-state index contributed by atoms with van der Waals surface area (Å²) in [5.41, 5.74) is 1.91. The molecule has 0 amide bonds. The summed E-state index contributed by atoms with van der Waals surface area (Å²) in [5.74, 6) is 1.23. The monoisotopic (exact) mass is 390 g/mol. The highest BCUT2D eigenvalue weighted by Crippen LogP contribution is 2.35. The van der Waals surface area contributed by atoms with Crippen molar-refractivity contribution >= 4 is 0 Å². The van der Waals surface area contributed by atoms with Crippen molar-refractivity contribution in [3.8, 4) is 11.5 Å². The van der Waals surface area contributed by atoms with Crippen LogP contribution < -0.4 is 14.8 Å². The summed E-state index contributed by atoms with van der Waals surface area (Å²) >= 11 is 0. The predicted molar refractivity (Wildman–Crippen MR) is 106 cm³/mol. The van der Waals surface area contributed by atoms with Crippen LogP contribution in [0.25, 0.3) is 0 Å². The molecule has 1 aliphatic heterocycles. The average Bonchev–Trinajstić information content (AvgIpc) is 2.72. The Bertz CT molecular complexity index is 722. The van der Waals surface area contributed by atoms with E-state index in [0.717, 1.165) is 37.3 Å².